The van der Waals surface area contributed by atoms with Crippen molar-refractivity contribution in [3.05, 3.63) is 16.1 Å². The Morgan fingerprint density at radius 3 is 2.67 bits per heavy atom. The summed E-state index contributed by atoms with van der Waals surface area (Å²) in [6.07, 6.45) is 3.43. The molecule has 0 radical (unpaired) electrons. The molecule has 4 nitrogen and oxygen atoms in total. The van der Waals surface area contributed by atoms with Gasteiger partial charge in [0, 0.05) is 22.9 Å². The number of sulfone groups is 1. The Balaban J connectivity index is 2.54. The van der Waals surface area contributed by atoms with Gasteiger partial charge in [-0.3, -0.25) is 0 Å². The summed E-state index contributed by atoms with van der Waals surface area (Å²) in [5.74, 6) is 0.516. The van der Waals surface area contributed by atoms with Crippen molar-refractivity contribution in [3.63, 3.8) is 0 Å². The number of thiazole rings is 1. The number of hydrogen-bond donors (Lipinski definition) is 1. The smallest absolute Gasteiger partial charge is 0.150 e. The van der Waals surface area contributed by atoms with Crippen LogP contribution < -0.4 is 5.32 Å². The van der Waals surface area contributed by atoms with Crippen molar-refractivity contribution in [2.75, 3.05) is 18.1 Å². The molecule has 0 saturated heterocycles. The van der Waals surface area contributed by atoms with Gasteiger partial charge in [0.25, 0.3) is 0 Å². The largest absolute Gasteiger partial charge is 0.309 e. The number of nitrogens with one attached hydrogen (secondary N) is 1. The van der Waals surface area contributed by atoms with Crippen LogP contribution in [0.1, 0.15) is 42.6 Å². The van der Waals surface area contributed by atoms with Crippen LogP contribution in [0, 0.1) is 6.92 Å². The zero-order valence-electron chi connectivity index (χ0n) is 11.3. The lowest BCUT2D eigenvalue weighted by Gasteiger charge is -2.15. The minimum atomic E-state index is -2.85. The fourth-order valence-electron chi connectivity index (χ4n) is 1.78. The van der Waals surface area contributed by atoms with Gasteiger partial charge >= 0.3 is 0 Å². The van der Waals surface area contributed by atoms with E-state index < -0.39 is 9.84 Å². The van der Waals surface area contributed by atoms with Gasteiger partial charge in [-0.15, -0.1) is 11.3 Å². The molecule has 18 heavy (non-hydrogen) atoms. The molecule has 1 rings (SSSR count). The minimum absolute atomic E-state index is 0.230. The molecule has 1 aromatic rings. The first-order valence-electron chi connectivity index (χ1n) is 6.34. The van der Waals surface area contributed by atoms with Crippen LogP contribution in [0.4, 0.5) is 0 Å². The van der Waals surface area contributed by atoms with Gasteiger partial charge in [-0.05, 0) is 26.3 Å². The van der Waals surface area contributed by atoms with Crippen LogP contribution in [0.15, 0.2) is 6.20 Å². The molecule has 0 aromatic carbocycles. The second-order valence-electron chi connectivity index (χ2n) is 4.27. The molecule has 6 heteroatoms. The van der Waals surface area contributed by atoms with Gasteiger partial charge < -0.3 is 5.32 Å². The summed E-state index contributed by atoms with van der Waals surface area (Å²) in [4.78, 5) is 5.45. The lowest BCUT2D eigenvalue weighted by Crippen LogP contribution is -2.21. The number of aromatic nitrogens is 1. The van der Waals surface area contributed by atoms with Crippen molar-refractivity contribution < 1.29 is 8.42 Å². The number of nitrogens with zero attached hydrogens (tertiary/aromatic N) is 1. The molecule has 0 aliphatic rings. The Morgan fingerprint density at radius 2 is 2.17 bits per heavy atom. The summed E-state index contributed by atoms with van der Waals surface area (Å²) in [7, 11) is -2.85. The van der Waals surface area contributed by atoms with Crippen LogP contribution in [-0.2, 0) is 9.84 Å². The van der Waals surface area contributed by atoms with E-state index in [2.05, 4.69) is 17.2 Å². The van der Waals surface area contributed by atoms with Crippen molar-refractivity contribution >= 4 is 21.2 Å². The summed E-state index contributed by atoms with van der Waals surface area (Å²) in [6.45, 7) is 6.62. The van der Waals surface area contributed by atoms with E-state index in [1.165, 1.54) is 4.88 Å². The molecule has 0 aliphatic heterocycles. The van der Waals surface area contributed by atoms with Gasteiger partial charge in [0.2, 0.25) is 0 Å². The Hall–Kier alpha value is -0.460. The zero-order chi connectivity index (χ0) is 13.6. The van der Waals surface area contributed by atoms with Crippen molar-refractivity contribution in [1.29, 1.82) is 0 Å². The first-order valence-corrected chi connectivity index (χ1v) is 8.98. The minimum Gasteiger partial charge on any atom is -0.309 e. The van der Waals surface area contributed by atoms with Gasteiger partial charge in [-0.25, -0.2) is 13.4 Å². The standard InChI is InChI=1S/C12H22N2O2S2/c1-4-13-11(12-9-14-10(3)17-12)7-6-8-18(15,16)5-2/h9,11,13H,4-8H2,1-3H3. The van der Waals surface area contributed by atoms with E-state index in [1.54, 1.807) is 18.3 Å². The summed E-state index contributed by atoms with van der Waals surface area (Å²) < 4.78 is 22.9. The molecular formula is C12H22N2O2S2. The Bertz CT molecular complexity index is 454. The topological polar surface area (TPSA) is 59.1 Å². The third-order valence-electron chi connectivity index (χ3n) is 2.82. The summed E-state index contributed by atoms with van der Waals surface area (Å²) in [5, 5.41) is 4.44. The lowest BCUT2D eigenvalue weighted by atomic mass is 10.1. The second kappa shape index (κ2) is 7.21. The van der Waals surface area contributed by atoms with E-state index in [0.717, 1.165) is 18.0 Å². The highest BCUT2D eigenvalue weighted by atomic mass is 32.2. The Morgan fingerprint density at radius 1 is 1.44 bits per heavy atom. The Labute approximate surface area is 114 Å². The molecule has 1 N–H and O–H groups in total. The molecule has 0 saturated carbocycles. The van der Waals surface area contributed by atoms with Crippen molar-refractivity contribution in [3.8, 4) is 0 Å². The maximum Gasteiger partial charge on any atom is 0.150 e. The van der Waals surface area contributed by atoms with E-state index in [-0.39, 0.29) is 17.5 Å². The van der Waals surface area contributed by atoms with Gasteiger partial charge in [0.1, 0.15) is 9.84 Å². The molecule has 1 aromatic heterocycles. The monoisotopic (exact) mass is 290 g/mol. The van der Waals surface area contributed by atoms with E-state index in [0.29, 0.717) is 6.42 Å². The normalized spacial score (nSPS) is 13.7. The highest BCUT2D eigenvalue weighted by molar-refractivity contribution is 7.91. The summed E-state index contributed by atoms with van der Waals surface area (Å²) in [6, 6.07) is 0.230. The maximum atomic E-state index is 11.4. The molecule has 104 valence electrons. The van der Waals surface area contributed by atoms with Crippen LogP contribution in [-0.4, -0.2) is 31.5 Å². The molecule has 0 spiro atoms. The molecule has 1 unspecified atom stereocenters. The van der Waals surface area contributed by atoms with Crippen LogP contribution in [0.5, 0.6) is 0 Å². The highest BCUT2D eigenvalue weighted by Crippen LogP contribution is 2.24. The molecule has 1 atom stereocenters. The van der Waals surface area contributed by atoms with Crippen LogP contribution >= 0.6 is 11.3 Å². The molecule has 0 fully saturated rings. The molecule has 0 aliphatic carbocycles. The zero-order valence-corrected chi connectivity index (χ0v) is 12.9. The van der Waals surface area contributed by atoms with Crippen molar-refractivity contribution in [1.82, 2.24) is 10.3 Å². The Kier molecular flexibility index (Phi) is 6.25. The summed E-state index contributed by atoms with van der Waals surface area (Å²) >= 11 is 1.68. The van der Waals surface area contributed by atoms with Gasteiger partial charge in [0.05, 0.1) is 10.8 Å². The second-order valence-corrected chi connectivity index (χ2v) is 8.01. The first kappa shape index (κ1) is 15.6. The fraction of sp³-hybridized carbons (Fsp3) is 0.750. The van der Waals surface area contributed by atoms with Gasteiger partial charge in [-0.1, -0.05) is 13.8 Å². The van der Waals surface area contributed by atoms with Gasteiger partial charge in [-0.2, -0.15) is 0 Å². The molecule has 1 heterocycles. The average Bonchev–Trinajstić information content (AvgIpc) is 2.74. The van der Waals surface area contributed by atoms with Crippen LogP contribution in [0.3, 0.4) is 0 Å². The van der Waals surface area contributed by atoms with Crippen LogP contribution in [0.25, 0.3) is 0 Å². The average molecular weight is 290 g/mol. The number of aryl methyl sites for hydroxylation is 1. The quantitative estimate of drug-likeness (QED) is 0.798. The summed E-state index contributed by atoms with van der Waals surface area (Å²) in [5.41, 5.74) is 0. The SMILES string of the molecule is CCNC(CCCS(=O)(=O)CC)c1cnc(C)s1. The molecule has 0 amide bonds. The molecule has 0 bridgehead atoms. The predicted octanol–water partition coefficient (Wildman–Crippen LogP) is 2.32. The van der Waals surface area contributed by atoms with Gasteiger partial charge in [0.15, 0.2) is 0 Å². The van der Waals surface area contributed by atoms with Crippen molar-refractivity contribution in [2.24, 2.45) is 0 Å². The lowest BCUT2D eigenvalue weighted by molar-refractivity contribution is 0.513. The number of hydrogen-bond acceptors (Lipinski definition) is 5. The van der Waals surface area contributed by atoms with E-state index in [1.807, 2.05) is 13.1 Å². The first-order chi connectivity index (χ1) is 8.48. The van der Waals surface area contributed by atoms with Crippen LogP contribution in [0.2, 0.25) is 0 Å². The molecular weight excluding hydrogens is 268 g/mol. The van der Waals surface area contributed by atoms with E-state index in [9.17, 15) is 8.42 Å². The third kappa shape index (κ3) is 5.04. The maximum absolute atomic E-state index is 11.4. The van der Waals surface area contributed by atoms with E-state index >= 15 is 0 Å². The number of rotatable bonds is 8. The predicted molar refractivity (Wildman–Crippen MR) is 76.8 cm³/mol. The third-order valence-corrected chi connectivity index (χ3v) is 5.64. The van der Waals surface area contributed by atoms with Crippen molar-refractivity contribution in [2.45, 2.75) is 39.7 Å². The highest BCUT2D eigenvalue weighted by Gasteiger charge is 2.15. The fourth-order valence-corrected chi connectivity index (χ4v) is 3.57. The van der Waals surface area contributed by atoms with E-state index in [4.69, 9.17) is 0 Å².